The van der Waals surface area contributed by atoms with Gasteiger partial charge in [-0.1, -0.05) is 6.58 Å². The Kier molecular flexibility index (Phi) is 1.55. The first-order valence-corrected chi connectivity index (χ1v) is 3.89. The molecule has 1 N–H and O–H groups in total. The highest BCUT2D eigenvalue weighted by molar-refractivity contribution is 6.00. The number of nitrogens with one attached hydrogen (secondary N) is 1. The van der Waals surface area contributed by atoms with Gasteiger partial charge in [-0.25, -0.2) is 0 Å². The van der Waals surface area contributed by atoms with Crippen LogP contribution in [0.2, 0.25) is 0 Å². The SMILES string of the molecule is C=C1c2ncccc2C(=O)NN1C. The third kappa shape index (κ3) is 1.07. The van der Waals surface area contributed by atoms with E-state index < -0.39 is 0 Å². The Morgan fingerprint density at radius 3 is 3.15 bits per heavy atom. The van der Waals surface area contributed by atoms with E-state index in [9.17, 15) is 4.79 Å². The summed E-state index contributed by atoms with van der Waals surface area (Å²) in [7, 11) is 1.73. The number of aromatic nitrogens is 1. The number of carbonyl (C=O) groups excluding carboxylic acids is 1. The molecule has 0 aliphatic carbocycles. The van der Waals surface area contributed by atoms with Crippen molar-refractivity contribution in [1.29, 1.82) is 0 Å². The Bertz CT molecular complexity index is 386. The molecule has 2 rings (SSSR count). The number of hydrazine groups is 1. The van der Waals surface area contributed by atoms with E-state index in [1.165, 1.54) is 0 Å². The molecule has 1 aliphatic heterocycles. The number of hydrogen-bond donors (Lipinski definition) is 1. The van der Waals surface area contributed by atoms with E-state index in [2.05, 4.69) is 17.0 Å². The number of carbonyl (C=O) groups is 1. The van der Waals surface area contributed by atoms with E-state index in [-0.39, 0.29) is 5.91 Å². The lowest BCUT2D eigenvalue weighted by Crippen LogP contribution is -2.42. The van der Waals surface area contributed by atoms with Gasteiger partial charge in [0, 0.05) is 13.2 Å². The highest BCUT2D eigenvalue weighted by Gasteiger charge is 2.23. The monoisotopic (exact) mass is 175 g/mol. The first-order valence-electron chi connectivity index (χ1n) is 3.89. The molecule has 4 nitrogen and oxygen atoms in total. The van der Waals surface area contributed by atoms with Crippen LogP contribution >= 0.6 is 0 Å². The van der Waals surface area contributed by atoms with Crippen molar-refractivity contribution in [3.63, 3.8) is 0 Å². The fourth-order valence-electron chi connectivity index (χ4n) is 1.26. The predicted molar refractivity (Wildman–Crippen MR) is 48.5 cm³/mol. The second-order valence-electron chi connectivity index (χ2n) is 2.85. The van der Waals surface area contributed by atoms with E-state index in [0.717, 1.165) is 0 Å². The lowest BCUT2D eigenvalue weighted by atomic mass is 10.1. The van der Waals surface area contributed by atoms with Crippen LogP contribution in [0.4, 0.5) is 0 Å². The molecule has 0 unspecified atom stereocenters. The molecule has 1 aromatic heterocycles. The van der Waals surface area contributed by atoms with Gasteiger partial charge in [0.05, 0.1) is 11.3 Å². The van der Waals surface area contributed by atoms with Crippen LogP contribution in [0, 0.1) is 0 Å². The molecule has 0 radical (unpaired) electrons. The summed E-state index contributed by atoms with van der Waals surface area (Å²) in [4.78, 5) is 15.5. The van der Waals surface area contributed by atoms with Gasteiger partial charge in [-0.3, -0.25) is 20.2 Å². The Morgan fingerprint density at radius 2 is 2.38 bits per heavy atom. The summed E-state index contributed by atoms with van der Waals surface area (Å²) in [5.41, 5.74) is 4.57. The number of nitrogens with zero attached hydrogens (tertiary/aromatic N) is 2. The predicted octanol–water partition coefficient (Wildman–Crippen LogP) is 0.643. The minimum Gasteiger partial charge on any atom is -0.287 e. The van der Waals surface area contributed by atoms with Crippen LogP contribution in [0.5, 0.6) is 0 Å². The molecule has 0 spiro atoms. The van der Waals surface area contributed by atoms with Crippen molar-refractivity contribution in [2.45, 2.75) is 0 Å². The van der Waals surface area contributed by atoms with Crippen molar-refractivity contribution in [2.24, 2.45) is 0 Å². The van der Waals surface area contributed by atoms with Crippen molar-refractivity contribution in [3.05, 3.63) is 36.2 Å². The minimum absolute atomic E-state index is 0.141. The van der Waals surface area contributed by atoms with E-state index in [1.807, 2.05) is 0 Å². The molecule has 0 bridgehead atoms. The van der Waals surface area contributed by atoms with Crippen molar-refractivity contribution in [2.75, 3.05) is 7.05 Å². The van der Waals surface area contributed by atoms with Gasteiger partial charge >= 0.3 is 0 Å². The zero-order chi connectivity index (χ0) is 9.42. The molecule has 0 fully saturated rings. The maximum atomic E-state index is 11.4. The Morgan fingerprint density at radius 1 is 1.62 bits per heavy atom. The van der Waals surface area contributed by atoms with Crippen LogP contribution in [0.3, 0.4) is 0 Å². The number of fused-ring (bicyclic) bond motifs is 1. The fourth-order valence-corrected chi connectivity index (χ4v) is 1.26. The zero-order valence-corrected chi connectivity index (χ0v) is 7.24. The van der Waals surface area contributed by atoms with Crippen molar-refractivity contribution >= 4 is 11.6 Å². The Labute approximate surface area is 75.9 Å². The van der Waals surface area contributed by atoms with Gasteiger partial charge < -0.3 is 0 Å². The van der Waals surface area contributed by atoms with Gasteiger partial charge in [-0.05, 0) is 12.1 Å². The van der Waals surface area contributed by atoms with Gasteiger partial charge in [-0.2, -0.15) is 0 Å². The molecule has 0 atom stereocenters. The maximum absolute atomic E-state index is 11.4. The van der Waals surface area contributed by atoms with E-state index in [4.69, 9.17) is 0 Å². The topological polar surface area (TPSA) is 45.2 Å². The molecule has 2 heterocycles. The van der Waals surface area contributed by atoms with Crippen molar-refractivity contribution < 1.29 is 4.79 Å². The van der Waals surface area contributed by atoms with Crippen LogP contribution in [-0.4, -0.2) is 22.9 Å². The summed E-state index contributed by atoms with van der Waals surface area (Å²) in [5.74, 6) is -0.141. The third-order valence-corrected chi connectivity index (χ3v) is 2.00. The second kappa shape index (κ2) is 2.58. The zero-order valence-electron chi connectivity index (χ0n) is 7.24. The average Bonchev–Trinajstić information content (AvgIpc) is 2.15. The minimum atomic E-state index is -0.141. The van der Waals surface area contributed by atoms with Gasteiger partial charge in [0.1, 0.15) is 5.69 Å². The molecule has 4 heteroatoms. The van der Waals surface area contributed by atoms with Gasteiger partial charge in [0.2, 0.25) is 0 Å². The molecule has 1 amide bonds. The first kappa shape index (κ1) is 7.79. The summed E-state index contributed by atoms with van der Waals surface area (Å²) >= 11 is 0. The van der Waals surface area contributed by atoms with Crippen LogP contribution in [-0.2, 0) is 0 Å². The standard InChI is InChI=1S/C9H9N3O/c1-6-8-7(4-3-5-10-8)9(13)11-12(6)2/h3-5H,1H2,2H3,(H,11,13). The molecule has 13 heavy (non-hydrogen) atoms. The summed E-state index contributed by atoms with van der Waals surface area (Å²) in [6, 6.07) is 3.47. The molecule has 0 saturated carbocycles. The molecule has 1 aromatic rings. The molecular weight excluding hydrogens is 166 g/mol. The number of pyridine rings is 1. The van der Waals surface area contributed by atoms with Gasteiger partial charge in [0.25, 0.3) is 5.91 Å². The van der Waals surface area contributed by atoms with Crippen LogP contribution < -0.4 is 5.43 Å². The quantitative estimate of drug-likeness (QED) is 0.629. The smallest absolute Gasteiger partial charge is 0.272 e. The Balaban J connectivity index is 2.60. The summed E-state index contributed by atoms with van der Waals surface area (Å²) < 4.78 is 0. The number of amides is 1. The highest BCUT2D eigenvalue weighted by Crippen LogP contribution is 2.20. The summed E-state index contributed by atoms with van der Waals surface area (Å²) in [6.45, 7) is 3.82. The first-order chi connectivity index (χ1) is 6.20. The van der Waals surface area contributed by atoms with E-state index in [0.29, 0.717) is 17.0 Å². The normalized spacial score (nSPS) is 15.3. The van der Waals surface area contributed by atoms with Crippen LogP contribution in [0.1, 0.15) is 16.1 Å². The second-order valence-corrected chi connectivity index (χ2v) is 2.85. The van der Waals surface area contributed by atoms with Crippen molar-refractivity contribution in [1.82, 2.24) is 15.4 Å². The molecular formula is C9H9N3O. The maximum Gasteiger partial charge on any atom is 0.272 e. The molecule has 66 valence electrons. The van der Waals surface area contributed by atoms with Crippen LogP contribution in [0.15, 0.2) is 24.9 Å². The fraction of sp³-hybridized carbons (Fsp3) is 0.111. The van der Waals surface area contributed by atoms with Gasteiger partial charge in [0.15, 0.2) is 0 Å². The molecule has 1 aliphatic rings. The average molecular weight is 175 g/mol. The lowest BCUT2D eigenvalue weighted by Gasteiger charge is -2.27. The lowest BCUT2D eigenvalue weighted by molar-refractivity contribution is 0.0867. The van der Waals surface area contributed by atoms with E-state index in [1.54, 1.807) is 30.4 Å². The highest BCUT2D eigenvalue weighted by atomic mass is 16.2. The third-order valence-electron chi connectivity index (χ3n) is 2.00. The van der Waals surface area contributed by atoms with Crippen molar-refractivity contribution in [3.8, 4) is 0 Å². The summed E-state index contributed by atoms with van der Waals surface area (Å²) in [5, 5.41) is 1.57. The Hall–Kier alpha value is -1.84. The van der Waals surface area contributed by atoms with Crippen LogP contribution in [0.25, 0.3) is 5.70 Å². The largest absolute Gasteiger partial charge is 0.287 e. The van der Waals surface area contributed by atoms with Gasteiger partial charge in [-0.15, -0.1) is 0 Å². The van der Waals surface area contributed by atoms with E-state index >= 15 is 0 Å². The summed E-state index contributed by atoms with van der Waals surface area (Å²) in [6.07, 6.45) is 1.65. The molecule has 0 saturated heterocycles. The number of hydrogen-bond acceptors (Lipinski definition) is 3. The molecule has 0 aromatic carbocycles. The number of rotatable bonds is 0.